The predicted octanol–water partition coefficient (Wildman–Crippen LogP) is 2.61. The van der Waals surface area contributed by atoms with Gasteiger partial charge >= 0.3 is 0 Å². The largest absolute Gasteiger partial charge is 0.396 e. The van der Waals surface area contributed by atoms with Crippen LogP contribution in [-0.2, 0) is 6.54 Å². The van der Waals surface area contributed by atoms with Gasteiger partial charge in [-0.05, 0) is 48.7 Å². The first-order valence-electron chi connectivity index (χ1n) is 6.90. The molecule has 0 spiro atoms. The highest BCUT2D eigenvalue weighted by atomic mass is 19.1. The van der Waals surface area contributed by atoms with Crippen LogP contribution < -0.4 is 5.73 Å². The predicted molar refractivity (Wildman–Crippen MR) is 77.9 cm³/mol. The Hall–Kier alpha value is -2.43. The Kier molecular flexibility index (Phi) is 3.56. The maximum atomic E-state index is 13.5. The van der Waals surface area contributed by atoms with Crippen LogP contribution in [0.4, 0.5) is 10.1 Å². The normalized spacial score (nSPS) is 14.0. The van der Waals surface area contributed by atoms with E-state index in [1.54, 1.807) is 23.4 Å². The molecule has 1 aromatic heterocycles. The molecule has 5 heteroatoms. The number of anilines is 1. The van der Waals surface area contributed by atoms with Crippen LogP contribution in [0.15, 0.2) is 42.7 Å². The Bertz CT molecular complexity index is 656. The van der Waals surface area contributed by atoms with Crippen molar-refractivity contribution >= 4 is 11.6 Å². The number of pyridine rings is 1. The van der Waals surface area contributed by atoms with Crippen LogP contribution in [0.1, 0.15) is 28.8 Å². The molecule has 3 rings (SSSR count). The summed E-state index contributed by atoms with van der Waals surface area (Å²) in [5.74, 6) is -0.714. The number of aromatic nitrogens is 1. The third-order valence-electron chi connectivity index (χ3n) is 3.60. The molecule has 1 aromatic carbocycles. The standard InChI is InChI=1S/C16H16FN3O/c17-14-9-12(1-4-15(14)18)16(21)20(13-2-3-13)10-11-5-7-19-8-6-11/h1,4-9,13H,2-3,10,18H2. The lowest BCUT2D eigenvalue weighted by atomic mass is 10.1. The molecule has 1 saturated carbocycles. The molecule has 4 nitrogen and oxygen atoms in total. The highest BCUT2D eigenvalue weighted by molar-refractivity contribution is 5.95. The number of amides is 1. The summed E-state index contributed by atoms with van der Waals surface area (Å²) in [4.78, 5) is 18.4. The Morgan fingerprint density at radius 3 is 2.62 bits per heavy atom. The van der Waals surface area contributed by atoms with Gasteiger partial charge in [-0.25, -0.2) is 4.39 Å². The van der Waals surface area contributed by atoms with Crippen molar-refractivity contribution in [3.8, 4) is 0 Å². The smallest absolute Gasteiger partial charge is 0.254 e. The highest BCUT2D eigenvalue weighted by Crippen LogP contribution is 2.30. The molecule has 1 amide bonds. The maximum Gasteiger partial charge on any atom is 0.254 e. The average molecular weight is 285 g/mol. The number of nitrogens with zero attached hydrogens (tertiary/aromatic N) is 2. The van der Waals surface area contributed by atoms with Crippen LogP contribution in [0.25, 0.3) is 0 Å². The van der Waals surface area contributed by atoms with Crippen LogP contribution in [-0.4, -0.2) is 21.8 Å². The van der Waals surface area contributed by atoms with E-state index in [0.29, 0.717) is 12.1 Å². The zero-order valence-electron chi connectivity index (χ0n) is 11.5. The van der Waals surface area contributed by atoms with E-state index in [1.807, 2.05) is 12.1 Å². The summed E-state index contributed by atoms with van der Waals surface area (Å²) in [6.07, 6.45) is 5.39. The second kappa shape index (κ2) is 5.52. The second-order valence-electron chi connectivity index (χ2n) is 5.26. The van der Waals surface area contributed by atoms with E-state index in [9.17, 15) is 9.18 Å². The summed E-state index contributed by atoms with van der Waals surface area (Å²) in [6, 6.07) is 8.21. The van der Waals surface area contributed by atoms with Crippen LogP contribution in [0.3, 0.4) is 0 Å². The summed E-state index contributed by atoms with van der Waals surface area (Å²) in [6.45, 7) is 0.512. The van der Waals surface area contributed by atoms with Crippen LogP contribution >= 0.6 is 0 Å². The van der Waals surface area contributed by atoms with Gasteiger partial charge in [0.2, 0.25) is 0 Å². The lowest BCUT2D eigenvalue weighted by molar-refractivity contribution is 0.0729. The van der Waals surface area contributed by atoms with E-state index in [-0.39, 0.29) is 17.6 Å². The molecule has 0 aliphatic heterocycles. The molecule has 1 heterocycles. The molecule has 1 aliphatic carbocycles. The zero-order chi connectivity index (χ0) is 14.8. The third-order valence-corrected chi connectivity index (χ3v) is 3.60. The summed E-state index contributed by atoms with van der Waals surface area (Å²) in [7, 11) is 0. The topological polar surface area (TPSA) is 59.2 Å². The van der Waals surface area contributed by atoms with E-state index in [1.165, 1.54) is 12.1 Å². The van der Waals surface area contributed by atoms with Crippen molar-refractivity contribution in [2.24, 2.45) is 0 Å². The lowest BCUT2D eigenvalue weighted by Gasteiger charge is -2.22. The van der Waals surface area contributed by atoms with Crippen LogP contribution in [0.5, 0.6) is 0 Å². The monoisotopic (exact) mass is 285 g/mol. The van der Waals surface area contributed by atoms with E-state index in [0.717, 1.165) is 18.4 Å². The van der Waals surface area contributed by atoms with Gasteiger partial charge in [0.25, 0.3) is 5.91 Å². The van der Waals surface area contributed by atoms with E-state index in [2.05, 4.69) is 4.98 Å². The van der Waals surface area contributed by atoms with Gasteiger partial charge in [-0.2, -0.15) is 0 Å². The third kappa shape index (κ3) is 3.02. The fraction of sp³-hybridized carbons (Fsp3) is 0.250. The number of carbonyl (C=O) groups is 1. The number of rotatable bonds is 4. The molecule has 0 saturated heterocycles. The first-order chi connectivity index (χ1) is 10.1. The second-order valence-corrected chi connectivity index (χ2v) is 5.26. The summed E-state index contributed by atoms with van der Waals surface area (Å²) < 4.78 is 13.5. The minimum atomic E-state index is -0.555. The fourth-order valence-corrected chi connectivity index (χ4v) is 2.26. The molecule has 108 valence electrons. The van der Waals surface area contributed by atoms with Gasteiger partial charge in [0, 0.05) is 30.5 Å². The van der Waals surface area contributed by atoms with Crippen molar-refractivity contribution in [2.75, 3.05) is 5.73 Å². The zero-order valence-corrected chi connectivity index (χ0v) is 11.5. The molecule has 0 radical (unpaired) electrons. The number of hydrogen-bond acceptors (Lipinski definition) is 3. The average Bonchev–Trinajstić information content (AvgIpc) is 3.33. The first-order valence-corrected chi connectivity index (χ1v) is 6.90. The summed E-state index contributed by atoms with van der Waals surface area (Å²) in [5, 5.41) is 0. The van der Waals surface area contributed by atoms with Crippen molar-refractivity contribution < 1.29 is 9.18 Å². The molecule has 1 fully saturated rings. The Labute approximate surface area is 122 Å². The van der Waals surface area contributed by atoms with Crippen molar-refractivity contribution in [1.29, 1.82) is 0 Å². The quantitative estimate of drug-likeness (QED) is 0.878. The molecule has 2 aromatic rings. The Morgan fingerprint density at radius 1 is 1.29 bits per heavy atom. The van der Waals surface area contributed by atoms with Crippen molar-refractivity contribution in [1.82, 2.24) is 9.88 Å². The molecule has 2 N–H and O–H groups in total. The molecule has 0 unspecified atom stereocenters. The summed E-state index contributed by atoms with van der Waals surface area (Å²) >= 11 is 0. The number of benzene rings is 1. The number of nitrogens with two attached hydrogens (primary N) is 1. The molecule has 0 atom stereocenters. The number of carbonyl (C=O) groups excluding carboxylic acids is 1. The van der Waals surface area contributed by atoms with E-state index < -0.39 is 5.82 Å². The minimum Gasteiger partial charge on any atom is -0.396 e. The van der Waals surface area contributed by atoms with Gasteiger partial charge in [-0.1, -0.05) is 0 Å². The van der Waals surface area contributed by atoms with E-state index in [4.69, 9.17) is 5.73 Å². The highest BCUT2D eigenvalue weighted by Gasteiger charge is 2.33. The molecule has 0 bridgehead atoms. The SMILES string of the molecule is Nc1ccc(C(=O)N(Cc2ccncc2)C2CC2)cc1F. The Balaban J connectivity index is 1.83. The lowest BCUT2D eigenvalue weighted by Crippen LogP contribution is -2.32. The molecular weight excluding hydrogens is 269 g/mol. The minimum absolute atomic E-state index is 0.0543. The van der Waals surface area contributed by atoms with Crippen molar-refractivity contribution in [3.63, 3.8) is 0 Å². The van der Waals surface area contributed by atoms with Crippen LogP contribution in [0.2, 0.25) is 0 Å². The van der Waals surface area contributed by atoms with Gasteiger partial charge in [-0.3, -0.25) is 9.78 Å². The molecular formula is C16H16FN3O. The fourth-order valence-electron chi connectivity index (χ4n) is 2.26. The van der Waals surface area contributed by atoms with Crippen molar-refractivity contribution in [3.05, 3.63) is 59.7 Å². The maximum absolute atomic E-state index is 13.5. The van der Waals surface area contributed by atoms with Gasteiger partial charge in [0.15, 0.2) is 0 Å². The van der Waals surface area contributed by atoms with E-state index >= 15 is 0 Å². The number of nitrogen functional groups attached to an aromatic ring is 1. The Morgan fingerprint density at radius 2 is 2.00 bits per heavy atom. The number of hydrogen-bond donors (Lipinski definition) is 1. The first kappa shape index (κ1) is 13.5. The van der Waals surface area contributed by atoms with Crippen LogP contribution in [0, 0.1) is 5.82 Å². The number of halogens is 1. The van der Waals surface area contributed by atoms with Gasteiger partial charge in [0.05, 0.1) is 5.69 Å². The molecule has 21 heavy (non-hydrogen) atoms. The molecule has 1 aliphatic rings. The van der Waals surface area contributed by atoms with Gasteiger partial charge in [0.1, 0.15) is 5.82 Å². The van der Waals surface area contributed by atoms with Crippen molar-refractivity contribution in [2.45, 2.75) is 25.4 Å². The van der Waals surface area contributed by atoms with Gasteiger partial charge in [-0.15, -0.1) is 0 Å². The van der Waals surface area contributed by atoms with Gasteiger partial charge < -0.3 is 10.6 Å². The summed E-state index contributed by atoms with van der Waals surface area (Å²) in [5.41, 5.74) is 6.86.